The zero-order chi connectivity index (χ0) is 8.43. The van der Waals surface area contributed by atoms with Gasteiger partial charge in [-0.3, -0.25) is 0 Å². The first-order valence-electron chi connectivity index (χ1n) is 2.85. The van der Waals surface area contributed by atoms with Gasteiger partial charge in [-0.15, -0.1) is 0 Å². The second kappa shape index (κ2) is 3.87. The van der Waals surface area contributed by atoms with E-state index in [4.69, 9.17) is 11.6 Å². The normalized spacial score (nSPS) is 10.2. The fourth-order valence-corrected chi connectivity index (χ4v) is 2.27. The molecule has 0 unspecified atom stereocenters. The van der Waals surface area contributed by atoms with Crippen LogP contribution in [0, 0.1) is 5.82 Å². The molecule has 1 aromatic rings. The quantitative estimate of drug-likeness (QED) is 0.540. The Bertz CT molecular complexity index is 275. The third-order valence-electron chi connectivity index (χ3n) is 1.26. The molecule has 0 aromatic heterocycles. The van der Waals surface area contributed by atoms with Gasteiger partial charge in [-0.05, 0) is 27.6 Å². The largest absolute Gasteiger partial charge is 0.204 e. The highest BCUT2D eigenvalue weighted by molar-refractivity contribution is 9.10. The van der Waals surface area contributed by atoms with Crippen LogP contribution in [-0.4, -0.2) is 0 Å². The second-order valence-corrected chi connectivity index (χ2v) is 3.73. The summed E-state index contributed by atoms with van der Waals surface area (Å²) in [5, 5.41) is 0.753. The Morgan fingerprint density at radius 2 is 2.09 bits per heavy atom. The average molecular weight is 302 g/mol. The summed E-state index contributed by atoms with van der Waals surface area (Å²) in [7, 11) is 0. The smallest absolute Gasteiger partial charge is 0.156 e. The Kier molecular flexibility index (Phi) is 3.34. The van der Waals surface area contributed by atoms with Crippen LogP contribution in [-0.2, 0) is 5.33 Å². The summed E-state index contributed by atoms with van der Waals surface area (Å²) in [5.41, 5.74) is 0.854. The number of hydrogen-bond acceptors (Lipinski definition) is 0. The van der Waals surface area contributed by atoms with Crippen LogP contribution in [0.5, 0.6) is 0 Å². The lowest BCUT2D eigenvalue weighted by Crippen LogP contribution is -1.85. The van der Waals surface area contributed by atoms with Gasteiger partial charge in [-0.2, -0.15) is 0 Å². The highest BCUT2D eigenvalue weighted by Crippen LogP contribution is 2.27. The molecule has 0 bridgehead atoms. The Balaban J connectivity index is 3.25. The van der Waals surface area contributed by atoms with E-state index < -0.39 is 5.82 Å². The van der Waals surface area contributed by atoms with Gasteiger partial charge in [0.2, 0.25) is 0 Å². The van der Waals surface area contributed by atoms with Crippen molar-refractivity contribution in [3.8, 4) is 0 Å². The van der Waals surface area contributed by atoms with Gasteiger partial charge >= 0.3 is 0 Å². The molecule has 0 N–H and O–H groups in total. The molecule has 1 aromatic carbocycles. The van der Waals surface area contributed by atoms with E-state index in [0.29, 0.717) is 9.80 Å². The van der Waals surface area contributed by atoms with Crippen LogP contribution in [0.3, 0.4) is 0 Å². The Morgan fingerprint density at radius 3 is 2.64 bits per heavy atom. The molecule has 0 aliphatic carbocycles. The van der Waals surface area contributed by atoms with Gasteiger partial charge in [-0.1, -0.05) is 33.6 Å². The monoisotopic (exact) mass is 300 g/mol. The van der Waals surface area contributed by atoms with Crippen molar-refractivity contribution in [1.29, 1.82) is 0 Å². The molecule has 0 saturated carbocycles. The maximum absolute atomic E-state index is 13.0. The van der Waals surface area contributed by atoms with Crippen molar-refractivity contribution in [2.45, 2.75) is 5.33 Å². The number of benzene rings is 1. The lowest BCUT2D eigenvalue weighted by molar-refractivity contribution is 0.620. The molecule has 11 heavy (non-hydrogen) atoms. The summed E-state index contributed by atoms with van der Waals surface area (Å²) in [6.07, 6.45) is 0. The van der Waals surface area contributed by atoms with Gasteiger partial charge in [0.15, 0.2) is 5.82 Å². The maximum Gasteiger partial charge on any atom is 0.156 e. The molecule has 0 saturated heterocycles. The van der Waals surface area contributed by atoms with E-state index in [1.807, 2.05) is 0 Å². The molecule has 0 atom stereocenters. The first-order chi connectivity index (χ1) is 5.16. The van der Waals surface area contributed by atoms with Crippen molar-refractivity contribution in [1.82, 2.24) is 0 Å². The molecule has 0 radical (unpaired) electrons. The fraction of sp³-hybridized carbons (Fsp3) is 0.143. The summed E-state index contributed by atoms with van der Waals surface area (Å²) in [6, 6.07) is 3.31. The number of rotatable bonds is 1. The fourth-order valence-electron chi connectivity index (χ4n) is 0.669. The molecule has 0 amide bonds. The highest BCUT2D eigenvalue weighted by atomic mass is 79.9. The second-order valence-electron chi connectivity index (χ2n) is 1.97. The summed E-state index contributed by atoms with van der Waals surface area (Å²) in [6.45, 7) is 0. The van der Waals surface area contributed by atoms with Crippen LogP contribution in [0.1, 0.15) is 5.56 Å². The van der Waals surface area contributed by atoms with E-state index in [1.165, 1.54) is 6.07 Å². The summed E-state index contributed by atoms with van der Waals surface area (Å²) in [4.78, 5) is 0. The van der Waals surface area contributed by atoms with Crippen molar-refractivity contribution in [2.75, 3.05) is 0 Å². The summed E-state index contributed by atoms with van der Waals surface area (Å²) in [5.74, 6) is -0.399. The maximum atomic E-state index is 13.0. The van der Waals surface area contributed by atoms with E-state index in [-0.39, 0.29) is 5.02 Å². The van der Waals surface area contributed by atoms with Crippen molar-refractivity contribution in [3.05, 3.63) is 33.0 Å². The van der Waals surface area contributed by atoms with Crippen LogP contribution in [0.2, 0.25) is 5.02 Å². The summed E-state index contributed by atoms with van der Waals surface area (Å²) < 4.78 is 13.4. The predicted octanol–water partition coefficient (Wildman–Crippen LogP) is 4.14. The zero-order valence-electron chi connectivity index (χ0n) is 5.37. The number of hydrogen-bond donors (Lipinski definition) is 0. The first kappa shape index (κ1) is 9.49. The van der Waals surface area contributed by atoms with Crippen LogP contribution in [0.25, 0.3) is 0 Å². The van der Waals surface area contributed by atoms with Gasteiger partial charge in [0.05, 0.1) is 9.50 Å². The SMILES string of the molecule is Fc1c(Cl)ccc(CBr)c1Br. The minimum Gasteiger partial charge on any atom is -0.204 e. The first-order valence-corrected chi connectivity index (χ1v) is 5.14. The highest BCUT2D eigenvalue weighted by Gasteiger charge is 2.07. The lowest BCUT2D eigenvalue weighted by Gasteiger charge is -2.01. The molecule has 4 heteroatoms. The topological polar surface area (TPSA) is 0 Å². The Labute approximate surface area is 86.0 Å². The molecule has 0 aliphatic heterocycles. The third kappa shape index (κ3) is 1.95. The van der Waals surface area contributed by atoms with E-state index in [2.05, 4.69) is 31.9 Å². The Hall–Kier alpha value is 0.400. The van der Waals surface area contributed by atoms with Crippen LogP contribution in [0.4, 0.5) is 4.39 Å². The molecular weight excluding hydrogens is 298 g/mol. The van der Waals surface area contributed by atoms with Crippen LogP contribution in [0.15, 0.2) is 16.6 Å². The Morgan fingerprint density at radius 1 is 1.45 bits per heavy atom. The molecule has 0 nitrogen and oxygen atoms in total. The van der Waals surface area contributed by atoms with Crippen molar-refractivity contribution < 1.29 is 4.39 Å². The zero-order valence-corrected chi connectivity index (χ0v) is 9.30. The molecule has 60 valence electrons. The average Bonchev–Trinajstić information content (AvgIpc) is 2.01. The van der Waals surface area contributed by atoms with Crippen molar-refractivity contribution >= 4 is 43.5 Å². The van der Waals surface area contributed by atoms with Gasteiger partial charge < -0.3 is 0 Å². The van der Waals surface area contributed by atoms with Gasteiger partial charge in [0.1, 0.15) is 0 Å². The third-order valence-corrected chi connectivity index (χ3v) is 3.01. The van der Waals surface area contributed by atoms with Crippen molar-refractivity contribution in [2.24, 2.45) is 0 Å². The number of halogens is 4. The lowest BCUT2D eigenvalue weighted by atomic mass is 10.2. The molecule has 1 rings (SSSR count). The number of alkyl halides is 1. The van der Waals surface area contributed by atoms with Crippen LogP contribution >= 0.6 is 43.5 Å². The van der Waals surface area contributed by atoms with E-state index in [1.54, 1.807) is 6.07 Å². The molecule has 0 spiro atoms. The van der Waals surface area contributed by atoms with Gasteiger partial charge in [-0.25, -0.2) is 4.39 Å². The van der Waals surface area contributed by atoms with E-state index in [0.717, 1.165) is 5.56 Å². The van der Waals surface area contributed by atoms with E-state index in [9.17, 15) is 4.39 Å². The summed E-state index contributed by atoms with van der Waals surface area (Å²) >= 11 is 11.9. The van der Waals surface area contributed by atoms with Gasteiger partial charge in [0, 0.05) is 5.33 Å². The van der Waals surface area contributed by atoms with Crippen molar-refractivity contribution in [3.63, 3.8) is 0 Å². The van der Waals surface area contributed by atoms with E-state index >= 15 is 0 Å². The van der Waals surface area contributed by atoms with Gasteiger partial charge in [0.25, 0.3) is 0 Å². The molecular formula is C7H4Br2ClF. The minimum atomic E-state index is -0.399. The predicted molar refractivity (Wildman–Crippen MR) is 51.7 cm³/mol. The molecule has 0 fully saturated rings. The standard InChI is InChI=1S/C7H4Br2ClF/c8-3-4-1-2-5(10)7(11)6(4)9/h1-2H,3H2. The molecule has 0 aliphatic rings. The molecule has 0 heterocycles. The minimum absolute atomic E-state index is 0.140. The van der Waals surface area contributed by atoms with Crippen LogP contribution < -0.4 is 0 Å².